The fourth-order valence-corrected chi connectivity index (χ4v) is 3.05. The maximum atomic E-state index is 13.1. The van der Waals surface area contributed by atoms with Crippen molar-refractivity contribution in [1.82, 2.24) is 5.32 Å². The Hall–Kier alpha value is -2.40. The van der Waals surface area contributed by atoms with Gasteiger partial charge in [-0.25, -0.2) is 4.39 Å². The number of fused-ring (bicyclic) bond motifs is 1. The normalized spacial score (nSPS) is 21.2. The van der Waals surface area contributed by atoms with E-state index in [0.29, 0.717) is 11.3 Å². The van der Waals surface area contributed by atoms with E-state index in [2.05, 4.69) is 5.32 Å². The van der Waals surface area contributed by atoms with Crippen LogP contribution < -0.4 is 10.1 Å². The molecule has 4 nitrogen and oxygen atoms in total. The minimum absolute atomic E-state index is 0.339. The molecule has 0 saturated heterocycles. The fourth-order valence-electron chi connectivity index (χ4n) is 3.05. The summed E-state index contributed by atoms with van der Waals surface area (Å²) in [6.07, 6.45) is -0.0812. The van der Waals surface area contributed by atoms with Crippen LogP contribution in [0.1, 0.15) is 48.3 Å². The fraction of sp³-hybridized carbons (Fsp3) is 0.350. The van der Waals surface area contributed by atoms with Crippen LogP contribution >= 0.6 is 0 Å². The molecule has 0 bridgehead atoms. The SMILES string of the molecule is CCc1ccc2c(c1)C(NC(=O)c1ccc(F)cc1)C(O)C(C)(C)O2. The first-order valence-electron chi connectivity index (χ1n) is 8.38. The van der Waals surface area contributed by atoms with Crippen molar-refractivity contribution in [2.24, 2.45) is 0 Å². The number of aryl methyl sites for hydroxylation is 1. The highest BCUT2D eigenvalue weighted by Gasteiger charge is 2.43. The van der Waals surface area contributed by atoms with Crippen LogP contribution in [0, 0.1) is 5.82 Å². The Morgan fingerprint density at radius 2 is 1.92 bits per heavy atom. The number of nitrogens with one attached hydrogen (secondary N) is 1. The third-order valence-electron chi connectivity index (χ3n) is 4.61. The summed E-state index contributed by atoms with van der Waals surface area (Å²) in [5.74, 6) is -0.117. The molecule has 5 heteroatoms. The molecule has 0 spiro atoms. The molecule has 1 aliphatic heterocycles. The van der Waals surface area contributed by atoms with Crippen molar-refractivity contribution in [1.29, 1.82) is 0 Å². The molecule has 0 aromatic heterocycles. The molecule has 25 heavy (non-hydrogen) atoms. The molecule has 0 aliphatic carbocycles. The molecular formula is C20H22FNO3. The summed E-state index contributed by atoms with van der Waals surface area (Å²) in [6.45, 7) is 5.61. The van der Waals surface area contributed by atoms with Crippen LogP contribution in [0.2, 0.25) is 0 Å². The summed E-state index contributed by atoms with van der Waals surface area (Å²) >= 11 is 0. The lowest BCUT2D eigenvalue weighted by atomic mass is 9.85. The Kier molecular flexibility index (Phi) is 4.52. The number of benzene rings is 2. The monoisotopic (exact) mass is 343 g/mol. The minimum atomic E-state index is -0.920. The van der Waals surface area contributed by atoms with E-state index < -0.39 is 23.6 Å². The third-order valence-corrected chi connectivity index (χ3v) is 4.61. The number of aliphatic hydroxyl groups excluding tert-OH is 1. The topological polar surface area (TPSA) is 58.6 Å². The second-order valence-corrected chi connectivity index (χ2v) is 6.83. The summed E-state index contributed by atoms with van der Waals surface area (Å²) < 4.78 is 19.0. The molecule has 0 radical (unpaired) electrons. The van der Waals surface area contributed by atoms with Gasteiger partial charge in [-0.1, -0.05) is 13.0 Å². The summed E-state index contributed by atoms with van der Waals surface area (Å²) in [6, 6.07) is 10.5. The maximum absolute atomic E-state index is 13.1. The second kappa shape index (κ2) is 6.48. The van der Waals surface area contributed by atoms with E-state index in [4.69, 9.17) is 4.74 Å². The van der Waals surface area contributed by atoms with Gasteiger partial charge in [-0.3, -0.25) is 4.79 Å². The van der Waals surface area contributed by atoms with E-state index in [0.717, 1.165) is 17.5 Å². The smallest absolute Gasteiger partial charge is 0.251 e. The summed E-state index contributed by atoms with van der Waals surface area (Å²) in [7, 11) is 0. The highest BCUT2D eigenvalue weighted by Crippen LogP contribution is 2.40. The van der Waals surface area contributed by atoms with Crippen LogP contribution in [-0.4, -0.2) is 22.7 Å². The zero-order valence-electron chi connectivity index (χ0n) is 14.5. The number of hydrogen-bond donors (Lipinski definition) is 2. The van der Waals surface area contributed by atoms with Gasteiger partial charge in [0.25, 0.3) is 5.91 Å². The van der Waals surface area contributed by atoms with Crippen molar-refractivity contribution < 1.29 is 19.0 Å². The minimum Gasteiger partial charge on any atom is -0.485 e. The van der Waals surface area contributed by atoms with Crippen molar-refractivity contribution in [3.8, 4) is 5.75 Å². The summed E-state index contributed by atoms with van der Waals surface area (Å²) in [5, 5.41) is 13.6. The molecule has 2 unspecified atom stereocenters. The van der Waals surface area contributed by atoms with Gasteiger partial charge in [0.1, 0.15) is 23.3 Å². The predicted molar refractivity (Wildman–Crippen MR) is 93.1 cm³/mol. The van der Waals surface area contributed by atoms with Crippen molar-refractivity contribution >= 4 is 5.91 Å². The van der Waals surface area contributed by atoms with Crippen LogP contribution in [0.3, 0.4) is 0 Å². The van der Waals surface area contributed by atoms with Crippen molar-refractivity contribution in [2.45, 2.75) is 44.9 Å². The molecule has 2 aromatic rings. The number of carbonyl (C=O) groups is 1. The van der Waals surface area contributed by atoms with Gasteiger partial charge in [0.15, 0.2) is 0 Å². The van der Waals surface area contributed by atoms with Crippen LogP contribution in [0.4, 0.5) is 4.39 Å². The second-order valence-electron chi connectivity index (χ2n) is 6.83. The van der Waals surface area contributed by atoms with Gasteiger partial charge >= 0.3 is 0 Å². The lowest BCUT2D eigenvalue weighted by Gasteiger charge is -2.42. The standard InChI is InChI=1S/C20H22FNO3/c1-4-12-5-10-16-15(11-12)17(18(23)20(2,3)25-16)22-19(24)13-6-8-14(21)9-7-13/h5-11,17-18,23H,4H2,1-3H3,(H,22,24). The maximum Gasteiger partial charge on any atom is 0.251 e. The highest BCUT2D eigenvalue weighted by molar-refractivity contribution is 5.94. The molecule has 2 N–H and O–H groups in total. The number of halogens is 1. The van der Waals surface area contributed by atoms with E-state index in [1.165, 1.54) is 24.3 Å². The predicted octanol–water partition coefficient (Wildman–Crippen LogP) is 3.39. The molecule has 1 heterocycles. The van der Waals surface area contributed by atoms with Crippen LogP contribution in [0.25, 0.3) is 0 Å². The van der Waals surface area contributed by atoms with Gasteiger partial charge in [0.05, 0.1) is 6.04 Å². The Morgan fingerprint density at radius 3 is 2.56 bits per heavy atom. The van der Waals surface area contributed by atoms with E-state index in [1.54, 1.807) is 13.8 Å². The zero-order valence-corrected chi connectivity index (χ0v) is 14.5. The van der Waals surface area contributed by atoms with Gasteiger partial charge in [0.2, 0.25) is 0 Å². The molecule has 0 saturated carbocycles. The number of carbonyl (C=O) groups excluding carboxylic acids is 1. The van der Waals surface area contributed by atoms with E-state index >= 15 is 0 Å². The van der Waals surface area contributed by atoms with Gasteiger partial charge in [-0.15, -0.1) is 0 Å². The first kappa shape index (κ1) is 17.4. The van der Waals surface area contributed by atoms with E-state index in [1.807, 2.05) is 25.1 Å². The van der Waals surface area contributed by atoms with E-state index in [-0.39, 0.29) is 5.91 Å². The Morgan fingerprint density at radius 1 is 1.24 bits per heavy atom. The molecule has 1 aliphatic rings. The quantitative estimate of drug-likeness (QED) is 0.898. The van der Waals surface area contributed by atoms with Crippen molar-refractivity contribution in [2.75, 3.05) is 0 Å². The van der Waals surface area contributed by atoms with Crippen molar-refractivity contribution in [3.05, 3.63) is 65.0 Å². The number of rotatable bonds is 3. The molecule has 2 aromatic carbocycles. The van der Waals surface area contributed by atoms with Gasteiger partial charge in [0, 0.05) is 11.1 Å². The first-order chi connectivity index (χ1) is 11.8. The highest BCUT2D eigenvalue weighted by atomic mass is 19.1. The average Bonchev–Trinajstić information content (AvgIpc) is 2.59. The molecule has 3 rings (SSSR count). The Labute approximate surface area is 146 Å². The zero-order chi connectivity index (χ0) is 18.2. The number of amides is 1. The van der Waals surface area contributed by atoms with Gasteiger partial charge in [-0.2, -0.15) is 0 Å². The lowest BCUT2D eigenvalue weighted by Crippen LogP contribution is -2.53. The summed E-state index contributed by atoms with van der Waals surface area (Å²) in [5.41, 5.74) is 1.34. The average molecular weight is 343 g/mol. The number of ether oxygens (including phenoxy) is 1. The molecular weight excluding hydrogens is 321 g/mol. The third kappa shape index (κ3) is 3.37. The van der Waals surface area contributed by atoms with Gasteiger partial charge in [-0.05, 0) is 62.2 Å². The molecule has 1 amide bonds. The Bertz CT molecular complexity index is 786. The molecule has 0 fully saturated rings. The van der Waals surface area contributed by atoms with Crippen LogP contribution in [0.15, 0.2) is 42.5 Å². The molecule has 132 valence electrons. The summed E-state index contributed by atoms with van der Waals surface area (Å²) in [4.78, 5) is 12.6. The van der Waals surface area contributed by atoms with Gasteiger partial charge < -0.3 is 15.2 Å². The first-order valence-corrected chi connectivity index (χ1v) is 8.38. The largest absolute Gasteiger partial charge is 0.485 e. The lowest BCUT2D eigenvalue weighted by molar-refractivity contribution is -0.0628. The molecule has 2 atom stereocenters. The van der Waals surface area contributed by atoms with Crippen LogP contribution in [0.5, 0.6) is 5.75 Å². The Balaban J connectivity index is 1.95. The van der Waals surface area contributed by atoms with Crippen molar-refractivity contribution in [3.63, 3.8) is 0 Å². The number of aliphatic hydroxyl groups is 1. The van der Waals surface area contributed by atoms with Crippen LogP contribution in [-0.2, 0) is 6.42 Å². The number of hydrogen-bond acceptors (Lipinski definition) is 3. The van der Waals surface area contributed by atoms with E-state index in [9.17, 15) is 14.3 Å².